The second-order valence-electron chi connectivity index (χ2n) is 18.5. The molecule has 13 rings (SSSR count). The van der Waals surface area contributed by atoms with Gasteiger partial charge >= 0.3 is 0 Å². The molecule has 4 nitrogen and oxygen atoms in total. The lowest BCUT2D eigenvalue weighted by Gasteiger charge is -2.47. The van der Waals surface area contributed by atoms with Crippen molar-refractivity contribution in [2.75, 3.05) is 0 Å². The number of aromatic nitrogens is 3. The summed E-state index contributed by atoms with van der Waals surface area (Å²) in [5, 5.41) is 7.42. The molecule has 2 atom stereocenters. The van der Waals surface area contributed by atoms with Gasteiger partial charge in [-0.1, -0.05) is 80.3 Å². The van der Waals surface area contributed by atoms with E-state index in [1.54, 1.807) is 0 Å². The molecule has 5 aromatic carbocycles. The fourth-order valence-corrected chi connectivity index (χ4v) is 12.3. The van der Waals surface area contributed by atoms with Crippen LogP contribution >= 0.6 is 0 Å². The summed E-state index contributed by atoms with van der Waals surface area (Å²) < 4.78 is 14.3. The Kier molecular flexibility index (Phi) is 6.80. The van der Waals surface area contributed by atoms with Gasteiger partial charge in [-0.2, -0.15) is 9.13 Å². The molecule has 1 fully saturated rings. The van der Waals surface area contributed by atoms with Crippen LogP contribution < -0.4 is 9.13 Å². The van der Waals surface area contributed by atoms with Gasteiger partial charge in [0.1, 0.15) is 11.2 Å². The van der Waals surface area contributed by atoms with E-state index < -0.39 is 0 Å². The monoisotopic (exact) mass is 765 g/mol. The maximum absolute atomic E-state index is 6.71. The average Bonchev–Trinajstić information content (AvgIpc) is 4.06. The lowest BCUT2D eigenvalue weighted by atomic mass is 9.59. The zero-order valence-electron chi connectivity index (χ0n) is 33.9. The molecule has 0 bridgehead atoms. The van der Waals surface area contributed by atoms with Gasteiger partial charge in [0.2, 0.25) is 11.4 Å². The van der Waals surface area contributed by atoms with Crippen molar-refractivity contribution in [1.82, 2.24) is 4.40 Å². The lowest BCUT2D eigenvalue weighted by Crippen LogP contribution is -2.68. The first-order valence-corrected chi connectivity index (χ1v) is 21.8. The van der Waals surface area contributed by atoms with Gasteiger partial charge in [0.15, 0.2) is 23.6 Å². The molecule has 7 heterocycles. The molecule has 2 aliphatic heterocycles. The van der Waals surface area contributed by atoms with E-state index in [1.807, 2.05) is 0 Å². The van der Waals surface area contributed by atoms with Gasteiger partial charge in [0.25, 0.3) is 0 Å². The fourth-order valence-electron chi connectivity index (χ4n) is 12.3. The molecule has 10 aromatic rings. The highest BCUT2D eigenvalue weighted by atomic mass is 16.3. The van der Waals surface area contributed by atoms with Crippen LogP contribution in [-0.2, 0) is 23.8 Å². The topological polar surface area (TPSA) is 25.3 Å². The largest absolute Gasteiger partial charge is 0.455 e. The molecule has 0 radical (unpaired) electrons. The van der Waals surface area contributed by atoms with Crippen LogP contribution in [0.15, 0.2) is 145 Å². The quantitative estimate of drug-likeness (QED) is 0.161. The molecular formula is C55H47N3O+2. The Balaban J connectivity index is 1.11. The van der Waals surface area contributed by atoms with Gasteiger partial charge in [-0.3, -0.25) is 0 Å². The fraction of sp³-hybridized carbons (Fsp3) is 0.236. The van der Waals surface area contributed by atoms with E-state index in [2.05, 4.69) is 161 Å². The molecule has 0 saturated heterocycles. The van der Waals surface area contributed by atoms with E-state index in [-0.39, 0.29) is 11.0 Å². The SMILES string of the molecule is C=C1CC2(C)[n+]3ccc(CC4CCCC4)cc3-c3cc4c5cccc6c7c8oc9ccccc9c8ccc7n(c4cc3C2(C)CCc2ccccc2-c2cccc[n+]21)c56. The smallest absolute Gasteiger partial charge is 0.218 e. The first-order chi connectivity index (χ1) is 28.9. The second-order valence-corrected chi connectivity index (χ2v) is 18.5. The molecule has 286 valence electrons. The minimum absolute atomic E-state index is 0.256. The van der Waals surface area contributed by atoms with Crippen LogP contribution in [0.1, 0.15) is 69.1 Å². The summed E-state index contributed by atoms with van der Waals surface area (Å²) in [6.07, 6.45) is 14.0. The Morgan fingerprint density at radius 1 is 0.712 bits per heavy atom. The van der Waals surface area contributed by atoms with E-state index in [1.165, 1.54) is 114 Å². The molecule has 0 amide bonds. The number of aryl methyl sites for hydroxylation is 1. The maximum Gasteiger partial charge on any atom is 0.218 e. The zero-order chi connectivity index (χ0) is 39.2. The van der Waals surface area contributed by atoms with Crippen LogP contribution in [0.3, 0.4) is 0 Å². The van der Waals surface area contributed by atoms with Crippen molar-refractivity contribution in [2.24, 2.45) is 5.92 Å². The number of para-hydroxylation sites is 2. The lowest BCUT2D eigenvalue weighted by molar-refractivity contribution is -0.766. The molecule has 1 aliphatic carbocycles. The van der Waals surface area contributed by atoms with E-state index in [4.69, 9.17) is 11.0 Å². The third kappa shape index (κ3) is 4.44. The number of rotatable bonds is 2. The molecule has 5 aromatic heterocycles. The minimum Gasteiger partial charge on any atom is -0.455 e. The predicted octanol–water partition coefficient (Wildman–Crippen LogP) is 12.9. The number of hydrogen-bond donors (Lipinski definition) is 0. The number of hydrogen-bond acceptors (Lipinski definition) is 1. The Labute approximate surface area is 344 Å². The minimum atomic E-state index is -0.321. The molecule has 2 unspecified atom stereocenters. The Bertz CT molecular complexity index is 3410. The number of fused-ring (bicyclic) bond motifs is 19. The van der Waals surface area contributed by atoms with Crippen LogP contribution in [0.4, 0.5) is 0 Å². The predicted molar refractivity (Wildman–Crippen MR) is 241 cm³/mol. The van der Waals surface area contributed by atoms with Crippen molar-refractivity contribution < 1.29 is 13.6 Å². The highest BCUT2D eigenvalue weighted by Crippen LogP contribution is 2.54. The second kappa shape index (κ2) is 11.9. The van der Waals surface area contributed by atoms with Crippen molar-refractivity contribution in [2.45, 2.75) is 76.2 Å². The standard InChI is InChI=1S/C55H47N3O/c1-34-33-55(3)54(2,26-24-37-15-6-7-16-38(37)46-20-10-11-27-56(34)46)45-32-49-43(31-44(45)48-30-36(25-28-57(48)55)29-35-13-4-5-14-35)40-18-12-19-42-51-47(58(49)52(40)42)23-22-41-39-17-8-9-21-50(39)59-53(41)51/h6-12,15-23,25,27-28,30-32,35H,1,4-5,13-14,24,26,29,33H2,2-3H3/q+2. The number of allylic oxidation sites excluding steroid dienone is 1. The van der Waals surface area contributed by atoms with Gasteiger partial charge in [-0.15, -0.1) is 0 Å². The van der Waals surface area contributed by atoms with Gasteiger partial charge < -0.3 is 8.82 Å². The number of nitrogens with zero attached hydrogens (tertiary/aromatic N) is 3. The van der Waals surface area contributed by atoms with Crippen LogP contribution in [0.25, 0.3) is 88.2 Å². The zero-order valence-corrected chi connectivity index (χ0v) is 33.9. The molecular weight excluding hydrogens is 719 g/mol. The Hall–Kier alpha value is -6.26. The van der Waals surface area contributed by atoms with E-state index in [0.717, 1.165) is 48.5 Å². The molecule has 59 heavy (non-hydrogen) atoms. The van der Waals surface area contributed by atoms with Crippen LogP contribution in [0.2, 0.25) is 0 Å². The van der Waals surface area contributed by atoms with Crippen molar-refractivity contribution in [3.63, 3.8) is 0 Å². The normalized spacial score (nSPS) is 20.7. The van der Waals surface area contributed by atoms with Gasteiger partial charge in [-0.05, 0) is 97.8 Å². The van der Waals surface area contributed by atoms with Crippen molar-refractivity contribution >= 4 is 65.7 Å². The summed E-state index contributed by atoms with van der Waals surface area (Å²) >= 11 is 0. The van der Waals surface area contributed by atoms with Crippen LogP contribution in [0, 0.1) is 5.92 Å². The molecule has 0 N–H and O–H groups in total. The van der Waals surface area contributed by atoms with Gasteiger partial charge in [-0.25, -0.2) is 0 Å². The molecule has 3 aliphatic rings. The summed E-state index contributed by atoms with van der Waals surface area (Å²) in [4.78, 5) is 0. The Morgan fingerprint density at radius 3 is 2.44 bits per heavy atom. The first kappa shape index (κ1) is 33.7. The average molecular weight is 766 g/mol. The Morgan fingerprint density at radius 2 is 1.53 bits per heavy atom. The van der Waals surface area contributed by atoms with Crippen LogP contribution in [0.5, 0.6) is 0 Å². The summed E-state index contributed by atoms with van der Waals surface area (Å²) in [5.74, 6) is 0.776. The summed E-state index contributed by atoms with van der Waals surface area (Å²) in [6.45, 7) is 10.00. The number of furan rings is 1. The highest BCUT2D eigenvalue weighted by Gasteiger charge is 2.59. The summed E-state index contributed by atoms with van der Waals surface area (Å²) in [7, 11) is 0. The summed E-state index contributed by atoms with van der Waals surface area (Å²) in [5.41, 5.74) is 15.7. The van der Waals surface area contributed by atoms with E-state index in [9.17, 15) is 0 Å². The third-order valence-corrected chi connectivity index (χ3v) is 15.5. The maximum atomic E-state index is 6.71. The third-order valence-electron chi connectivity index (χ3n) is 15.5. The van der Waals surface area contributed by atoms with E-state index in [0.29, 0.717) is 0 Å². The van der Waals surface area contributed by atoms with Crippen LogP contribution in [-0.4, -0.2) is 4.40 Å². The van der Waals surface area contributed by atoms with Crippen molar-refractivity contribution in [3.8, 4) is 22.5 Å². The van der Waals surface area contributed by atoms with Crippen molar-refractivity contribution in [1.29, 1.82) is 0 Å². The molecule has 0 spiro atoms. The number of pyridine rings is 2. The van der Waals surface area contributed by atoms with Gasteiger partial charge in [0, 0.05) is 63.7 Å². The van der Waals surface area contributed by atoms with Crippen molar-refractivity contribution in [3.05, 3.63) is 157 Å². The molecule has 1 saturated carbocycles. The van der Waals surface area contributed by atoms with E-state index >= 15 is 0 Å². The first-order valence-electron chi connectivity index (χ1n) is 21.8. The number of benzene rings is 5. The van der Waals surface area contributed by atoms with Gasteiger partial charge in [0.05, 0.1) is 39.3 Å². The molecule has 4 heteroatoms. The highest BCUT2D eigenvalue weighted by molar-refractivity contribution is 6.29. The summed E-state index contributed by atoms with van der Waals surface area (Å²) in [6, 6.07) is 45.8.